The molecule has 1 aliphatic rings. The first-order valence-corrected chi connectivity index (χ1v) is 9.86. The molecule has 3 aromatic rings. The first-order valence-electron chi connectivity index (χ1n) is 9.86. The molecule has 1 aromatic heterocycles. The number of nitrogens with zero attached hydrogens (tertiary/aromatic N) is 2. The standard InChI is InChI=1S/C23H26N4O.ClH/c1-16(2)18-8-10-19(11-9-18)22-21(23(28)25-14-17-12-24-13-17)15-27(26-22)20-6-4-3-5-7-20;/h3-11,15-17,24H,12-14H2,1-2H3,(H,25,28);1H. The maximum atomic E-state index is 12.9. The zero-order valence-electron chi connectivity index (χ0n) is 16.8. The van der Waals surface area contributed by atoms with Gasteiger partial charge in [-0.25, -0.2) is 4.68 Å². The van der Waals surface area contributed by atoms with Crippen LogP contribution in [-0.4, -0.2) is 35.3 Å². The van der Waals surface area contributed by atoms with Gasteiger partial charge in [0.05, 0.1) is 11.3 Å². The largest absolute Gasteiger partial charge is 0.352 e. The van der Waals surface area contributed by atoms with Gasteiger partial charge in [-0.1, -0.05) is 56.3 Å². The Morgan fingerprint density at radius 2 is 1.83 bits per heavy atom. The van der Waals surface area contributed by atoms with E-state index in [-0.39, 0.29) is 18.3 Å². The van der Waals surface area contributed by atoms with Crippen molar-refractivity contribution in [3.05, 3.63) is 71.9 Å². The second-order valence-electron chi connectivity index (χ2n) is 7.68. The third-order valence-electron chi connectivity index (χ3n) is 5.25. The Bertz CT molecular complexity index is 947. The van der Waals surface area contributed by atoms with E-state index in [4.69, 9.17) is 5.10 Å². The number of rotatable bonds is 6. The number of hydrogen-bond donors (Lipinski definition) is 2. The number of halogens is 1. The Morgan fingerprint density at radius 3 is 2.41 bits per heavy atom. The monoisotopic (exact) mass is 410 g/mol. The second kappa shape index (κ2) is 9.25. The highest BCUT2D eigenvalue weighted by Gasteiger charge is 2.22. The van der Waals surface area contributed by atoms with Gasteiger partial charge < -0.3 is 10.6 Å². The highest BCUT2D eigenvalue weighted by atomic mass is 35.5. The van der Waals surface area contributed by atoms with Crippen LogP contribution in [0.4, 0.5) is 0 Å². The lowest BCUT2D eigenvalue weighted by Crippen LogP contribution is -2.48. The minimum absolute atomic E-state index is 0. The SMILES string of the molecule is CC(C)c1ccc(-c2nn(-c3ccccc3)cc2C(=O)NCC2CNC2)cc1.Cl. The van der Waals surface area contributed by atoms with Gasteiger partial charge in [-0.05, 0) is 23.6 Å². The Labute approximate surface area is 177 Å². The van der Waals surface area contributed by atoms with Crippen molar-refractivity contribution in [3.63, 3.8) is 0 Å². The predicted octanol–water partition coefficient (Wildman–Crippen LogP) is 4.03. The van der Waals surface area contributed by atoms with Crippen LogP contribution in [0.25, 0.3) is 16.9 Å². The number of carbonyl (C=O) groups is 1. The van der Waals surface area contributed by atoms with Crippen molar-refractivity contribution in [1.29, 1.82) is 0 Å². The molecule has 2 aromatic carbocycles. The number of nitrogens with one attached hydrogen (secondary N) is 2. The van der Waals surface area contributed by atoms with Gasteiger partial charge in [0.2, 0.25) is 0 Å². The first kappa shape index (κ1) is 21.1. The molecule has 0 bridgehead atoms. The lowest BCUT2D eigenvalue weighted by molar-refractivity contribution is 0.0943. The van der Waals surface area contributed by atoms with Gasteiger partial charge in [0.1, 0.15) is 5.69 Å². The Morgan fingerprint density at radius 1 is 1.14 bits per heavy atom. The fraction of sp³-hybridized carbons (Fsp3) is 0.304. The molecule has 0 radical (unpaired) electrons. The van der Waals surface area contributed by atoms with Crippen LogP contribution in [0.5, 0.6) is 0 Å². The molecule has 6 heteroatoms. The summed E-state index contributed by atoms with van der Waals surface area (Å²) in [4.78, 5) is 12.9. The van der Waals surface area contributed by atoms with Crippen LogP contribution in [-0.2, 0) is 0 Å². The molecule has 5 nitrogen and oxygen atoms in total. The van der Waals surface area contributed by atoms with Gasteiger partial charge in [0.25, 0.3) is 5.91 Å². The molecule has 1 aliphatic heterocycles. The maximum Gasteiger partial charge on any atom is 0.255 e. The van der Waals surface area contributed by atoms with E-state index in [0.29, 0.717) is 29.6 Å². The number of para-hydroxylation sites is 1. The van der Waals surface area contributed by atoms with E-state index in [1.54, 1.807) is 4.68 Å². The summed E-state index contributed by atoms with van der Waals surface area (Å²) >= 11 is 0. The molecule has 0 saturated carbocycles. The van der Waals surface area contributed by atoms with Gasteiger partial charge in [-0.3, -0.25) is 4.79 Å². The van der Waals surface area contributed by atoms with Gasteiger partial charge in [-0.2, -0.15) is 5.10 Å². The number of amides is 1. The molecular formula is C23H27ClN4O. The summed E-state index contributed by atoms with van der Waals surface area (Å²) < 4.78 is 1.78. The van der Waals surface area contributed by atoms with Crippen LogP contribution in [0.2, 0.25) is 0 Å². The molecule has 1 saturated heterocycles. The van der Waals surface area contributed by atoms with Crippen LogP contribution < -0.4 is 10.6 Å². The highest BCUT2D eigenvalue weighted by molar-refractivity contribution is 6.00. The third kappa shape index (κ3) is 4.69. The fourth-order valence-electron chi connectivity index (χ4n) is 3.32. The maximum absolute atomic E-state index is 12.9. The van der Waals surface area contributed by atoms with Crippen molar-refractivity contribution in [2.75, 3.05) is 19.6 Å². The van der Waals surface area contributed by atoms with E-state index >= 15 is 0 Å². The summed E-state index contributed by atoms with van der Waals surface area (Å²) in [5.74, 6) is 0.911. The molecule has 1 amide bonds. The average Bonchev–Trinajstić information content (AvgIpc) is 3.13. The lowest BCUT2D eigenvalue weighted by Gasteiger charge is -2.27. The summed E-state index contributed by atoms with van der Waals surface area (Å²) in [5.41, 5.74) is 4.48. The molecule has 0 unspecified atom stereocenters. The molecule has 0 atom stereocenters. The van der Waals surface area contributed by atoms with E-state index in [0.717, 1.165) is 24.3 Å². The normalized spacial score (nSPS) is 13.6. The predicted molar refractivity (Wildman–Crippen MR) is 119 cm³/mol. The van der Waals surface area contributed by atoms with E-state index in [1.807, 2.05) is 36.5 Å². The minimum atomic E-state index is -0.0722. The summed E-state index contributed by atoms with van der Waals surface area (Å²) in [6.45, 7) is 6.97. The van der Waals surface area contributed by atoms with Gasteiger partial charge in [0, 0.05) is 37.3 Å². The molecule has 2 heterocycles. The smallest absolute Gasteiger partial charge is 0.255 e. The van der Waals surface area contributed by atoms with Crippen molar-refractivity contribution in [3.8, 4) is 16.9 Å². The molecule has 1 fully saturated rings. The molecule has 29 heavy (non-hydrogen) atoms. The Kier molecular flexibility index (Phi) is 6.72. The summed E-state index contributed by atoms with van der Waals surface area (Å²) in [6, 6.07) is 18.2. The van der Waals surface area contributed by atoms with Gasteiger partial charge in [-0.15, -0.1) is 12.4 Å². The summed E-state index contributed by atoms with van der Waals surface area (Å²) in [7, 11) is 0. The quantitative estimate of drug-likeness (QED) is 0.644. The number of hydrogen-bond acceptors (Lipinski definition) is 3. The van der Waals surface area contributed by atoms with Crippen molar-refractivity contribution in [2.45, 2.75) is 19.8 Å². The van der Waals surface area contributed by atoms with Crippen molar-refractivity contribution in [1.82, 2.24) is 20.4 Å². The molecule has 2 N–H and O–H groups in total. The number of aromatic nitrogens is 2. The lowest BCUT2D eigenvalue weighted by atomic mass is 9.99. The van der Waals surface area contributed by atoms with Crippen molar-refractivity contribution < 1.29 is 4.79 Å². The second-order valence-corrected chi connectivity index (χ2v) is 7.68. The molecule has 0 aliphatic carbocycles. The van der Waals surface area contributed by atoms with Crippen molar-refractivity contribution >= 4 is 18.3 Å². The van der Waals surface area contributed by atoms with Crippen LogP contribution >= 0.6 is 12.4 Å². The average molecular weight is 411 g/mol. The fourth-order valence-corrected chi connectivity index (χ4v) is 3.32. The zero-order chi connectivity index (χ0) is 19.5. The van der Waals surface area contributed by atoms with E-state index in [2.05, 4.69) is 48.7 Å². The topological polar surface area (TPSA) is 59.0 Å². The molecule has 152 valence electrons. The van der Waals surface area contributed by atoms with E-state index in [1.165, 1.54) is 5.56 Å². The van der Waals surface area contributed by atoms with Gasteiger partial charge >= 0.3 is 0 Å². The van der Waals surface area contributed by atoms with E-state index in [9.17, 15) is 4.79 Å². The Balaban J connectivity index is 0.00000240. The summed E-state index contributed by atoms with van der Waals surface area (Å²) in [5, 5.41) is 11.1. The van der Waals surface area contributed by atoms with Gasteiger partial charge in [0.15, 0.2) is 0 Å². The highest BCUT2D eigenvalue weighted by Crippen LogP contribution is 2.26. The number of carbonyl (C=O) groups excluding carboxylic acids is 1. The minimum Gasteiger partial charge on any atom is -0.352 e. The molecule has 4 rings (SSSR count). The number of benzene rings is 2. The van der Waals surface area contributed by atoms with Crippen LogP contribution in [0.1, 0.15) is 35.7 Å². The molecule has 0 spiro atoms. The first-order chi connectivity index (χ1) is 13.6. The van der Waals surface area contributed by atoms with E-state index < -0.39 is 0 Å². The zero-order valence-corrected chi connectivity index (χ0v) is 17.6. The Hall–Kier alpha value is -2.63. The molecular weight excluding hydrogens is 384 g/mol. The van der Waals surface area contributed by atoms with Crippen LogP contribution in [0.3, 0.4) is 0 Å². The van der Waals surface area contributed by atoms with Crippen LogP contribution in [0.15, 0.2) is 60.8 Å². The van der Waals surface area contributed by atoms with Crippen LogP contribution in [0, 0.1) is 5.92 Å². The third-order valence-corrected chi connectivity index (χ3v) is 5.25. The van der Waals surface area contributed by atoms with Crippen molar-refractivity contribution in [2.24, 2.45) is 5.92 Å². The summed E-state index contributed by atoms with van der Waals surface area (Å²) in [6.07, 6.45) is 1.83.